The van der Waals surface area contributed by atoms with Crippen LogP contribution in [0.5, 0.6) is 0 Å². The van der Waals surface area contributed by atoms with Crippen molar-refractivity contribution in [2.45, 2.75) is 19.6 Å². The van der Waals surface area contributed by atoms with Crippen molar-refractivity contribution in [2.24, 2.45) is 0 Å². The average molecular weight is 301 g/mol. The lowest BCUT2D eigenvalue weighted by atomic mass is 10.1. The normalized spacial score (nSPS) is 10.9. The van der Waals surface area contributed by atoms with Gasteiger partial charge in [0.2, 0.25) is 5.91 Å². The number of fused-ring (bicyclic) bond motifs is 1. The Labute approximate surface area is 125 Å². The summed E-state index contributed by atoms with van der Waals surface area (Å²) in [7, 11) is 0. The molecule has 0 aliphatic carbocycles. The predicted octanol–water partition coefficient (Wildman–Crippen LogP) is 1.75. The van der Waals surface area contributed by atoms with E-state index in [2.05, 4.69) is 10.3 Å². The monoisotopic (exact) mass is 301 g/mol. The molecule has 108 valence electrons. The quantitative estimate of drug-likeness (QED) is 0.754. The molecule has 3 aromatic rings. The number of thiazole rings is 1. The van der Waals surface area contributed by atoms with Crippen LogP contribution in [0.1, 0.15) is 16.8 Å². The number of nitrogens with one attached hydrogen (secondary N) is 1. The van der Waals surface area contributed by atoms with Crippen LogP contribution in [0.25, 0.3) is 4.96 Å². The number of hydrogen-bond donors (Lipinski definition) is 2. The largest absolute Gasteiger partial charge is 0.392 e. The third-order valence-corrected chi connectivity index (χ3v) is 3.95. The molecule has 2 aromatic heterocycles. The van der Waals surface area contributed by atoms with Gasteiger partial charge in [-0.25, -0.2) is 4.98 Å². The maximum Gasteiger partial charge on any atom is 0.226 e. The van der Waals surface area contributed by atoms with Crippen molar-refractivity contribution in [1.29, 1.82) is 0 Å². The Kier molecular flexibility index (Phi) is 3.98. The van der Waals surface area contributed by atoms with E-state index in [0.29, 0.717) is 6.54 Å². The van der Waals surface area contributed by atoms with E-state index in [1.54, 1.807) is 11.3 Å². The van der Waals surface area contributed by atoms with Crippen molar-refractivity contribution < 1.29 is 9.90 Å². The molecule has 0 spiro atoms. The van der Waals surface area contributed by atoms with E-state index in [9.17, 15) is 4.79 Å². The molecular weight excluding hydrogens is 286 g/mol. The number of hydrogen-bond acceptors (Lipinski definition) is 4. The number of amides is 1. The second kappa shape index (κ2) is 6.07. The van der Waals surface area contributed by atoms with E-state index >= 15 is 0 Å². The summed E-state index contributed by atoms with van der Waals surface area (Å²) in [6.07, 6.45) is 4.09. The fourth-order valence-corrected chi connectivity index (χ4v) is 2.77. The highest BCUT2D eigenvalue weighted by Gasteiger charge is 2.08. The number of benzene rings is 1. The van der Waals surface area contributed by atoms with Crippen molar-refractivity contribution >= 4 is 22.2 Å². The van der Waals surface area contributed by atoms with Crippen molar-refractivity contribution in [3.8, 4) is 0 Å². The molecule has 2 heterocycles. The first-order valence-corrected chi connectivity index (χ1v) is 7.49. The van der Waals surface area contributed by atoms with Gasteiger partial charge in [-0.2, -0.15) is 0 Å². The zero-order valence-electron chi connectivity index (χ0n) is 11.3. The summed E-state index contributed by atoms with van der Waals surface area (Å²) in [4.78, 5) is 17.2. The average Bonchev–Trinajstić information content (AvgIpc) is 3.07. The van der Waals surface area contributed by atoms with Crippen molar-refractivity contribution in [3.05, 3.63) is 58.9 Å². The SMILES string of the molecule is O=C(Cc1cn2ccsc2n1)NCc1ccc(CO)cc1. The van der Waals surface area contributed by atoms with Crippen LogP contribution >= 0.6 is 11.3 Å². The van der Waals surface area contributed by atoms with Crippen LogP contribution in [0.4, 0.5) is 0 Å². The smallest absolute Gasteiger partial charge is 0.226 e. The predicted molar refractivity (Wildman–Crippen MR) is 81.0 cm³/mol. The maximum absolute atomic E-state index is 11.9. The Hall–Kier alpha value is -2.18. The van der Waals surface area contributed by atoms with Gasteiger partial charge in [0.15, 0.2) is 4.96 Å². The second-order valence-corrected chi connectivity index (χ2v) is 5.63. The standard InChI is InChI=1S/C15H15N3O2S/c19-10-12-3-1-11(2-4-12)8-16-14(20)7-13-9-18-5-6-21-15(18)17-13/h1-6,9,19H,7-8,10H2,(H,16,20). The Balaban J connectivity index is 1.54. The molecule has 0 unspecified atom stereocenters. The first-order valence-electron chi connectivity index (χ1n) is 6.61. The number of rotatable bonds is 5. The summed E-state index contributed by atoms with van der Waals surface area (Å²) in [5.74, 6) is -0.0491. The molecule has 5 nitrogen and oxygen atoms in total. The van der Waals surface area contributed by atoms with Gasteiger partial charge in [0, 0.05) is 24.3 Å². The van der Waals surface area contributed by atoms with Crippen LogP contribution in [0, 0.1) is 0 Å². The fourth-order valence-electron chi connectivity index (χ4n) is 2.05. The Morgan fingerprint density at radius 1 is 1.29 bits per heavy atom. The number of carbonyl (C=O) groups is 1. The van der Waals surface area contributed by atoms with E-state index in [1.165, 1.54) is 0 Å². The van der Waals surface area contributed by atoms with E-state index in [4.69, 9.17) is 5.11 Å². The van der Waals surface area contributed by atoms with Gasteiger partial charge in [-0.15, -0.1) is 11.3 Å². The lowest BCUT2D eigenvalue weighted by Crippen LogP contribution is -2.24. The van der Waals surface area contributed by atoms with E-state index in [0.717, 1.165) is 21.8 Å². The van der Waals surface area contributed by atoms with Gasteiger partial charge >= 0.3 is 0 Å². The molecule has 2 N–H and O–H groups in total. The van der Waals surface area contributed by atoms with Crippen LogP contribution in [-0.4, -0.2) is 20.4 Å². The number of aliphatic hydroxyl groups excluding tert-OH is 1. The van der Waals surface area contributed by atoms with Gasteiger partial charge < -0.3 is 10.4 Å². The van der Waals surface area contributed by atoms with Gasteiger partial charge in [-0.05, 0) is 11.1 Å². The van der Waals surface area contributed by atoms with E-state index in [1.807, 2.05) is 46.4 Å². The molecule has 0 bridgehead atoms. The lowest BCUT2D eigenvalue weighted by molar-refractivity contribution is -0.120. The number of aliphatic hydroxyl groups is 1. The van der Waals surface area contributed by atoms with Crippen LogP contribution < -0.4 is 5.32 Å². The minimum absolute atomic E-state index is 0.0318. The van der Waals surface area contributed by atoms with Crippen molar-refractivity contribution in [2.75, 3.05) is 0 Å². The highest BCUT2D eigenvalue weighted by Crippen LogP contribution is 2.11. The summed E-state index contributed by atoms with van der Waals surface area (Å²) >= 11 is 1.55. The molecule has 0 saturated heterocycles. The summed E-state index contributed by atoms with van der Waals surface area (Å²) < 4.78 is 1.92. The van der Waals surface area contributed by atoms with Gasteiger partial charge in [0.1, 0.15) is 0 Å². The molecule has 1 aromatic carbocycles. The number of nitrogens with zero attached hydrogens (tertiary/aromatic N) is 2. The zero-order valence-corrected chi connectivity index (χ0v) is 12.1. The van der Waals surface area contributed by atoms with E-state index in [-0.39, 0.29) is 18.9 Å². The number of imidazole rings is 1. The summed E-state index contributed by atoms with van der Waals surface area (Å²) in [5.41, 5.74) is 2.64. The van der Waals surface area contributed by atoms with Gasteiger partial charge in [0.25, 0.3) is 0 Å². The first-order chi connectivity index (χ1) is 10.2. The molecule has 6 heteroatoms. The van der Waals surface area contributed by atoms with Crippen molar-refractivity contribution in [3.63, 3.8) is 0 Å². The lowest BCUT2D eigenvalue weighted by Gasteiger charge is -2.05. The fraction of sp³-hybridized carbons (Fsp3) is 0.200. The Bertz CT molecular complexity index is 717. The van der Waals surface area contributed by atoms with Gasteiger partial charge in [0.05, 0.1) is 18.7 Å². The number of carbonyl (C=O) groups excluding carboxylic acids is 1. The van der Waals surface area contributed by atoms with Gasteiger partial charge in [-0.1, -0.05) is 24.3 Å². The molecule has 0 atom stereocenters. The topological polar surface area (TPSA) is 66.6 Å². The molecule has 21 heavy (non-hydrogen) atoms. The molecular formula is C15H15N3O2S. The molecule has 0 fully saturated rings. The van der Waals surface area contributed by atoms with Gasteiger partial charge in [-0.3, -0.25) is 9.20 Å². The second-order valence-electron chi connectivity index (χ2n) is 4.75. The van der Waals surface area contributed by atoms with Crippen LogP contribution in [0.2, 0.25) is 0 Å². The Morgan fingerprint density at radius 2 is 2.05 bits per heavy atom. The minimum atomic E-state index is -0.0491. The first kappa shape index (κ1) is 13.8. The molecule has 1 amide bonds. The summed E-state index contributed by atoms with van der Waals surface area (Å²) in [6.45, 7) is 0.511. The Morgan fingerprint density at radius 3 is 2.76 bits per heavy atom. The highest BCUT2D eigenvalue weighted by atomic mass is 32.1. The molecule has 0 saturated carbocycles. The van der Waals surface area contributed by atoms with Crippen molar-refractivity contribution in [1.82, 2.24) is 14.7 Å². The molecule has 0 radical (unpaired) electrons. The number of aromatic nitrogens is 2. The van der Waals surface area contributed by atoms with E-state index < -0.39 is 0 Å². The zero-order chi connectivity index (χ0) is 14.7. The molecule has 3 rings (SSSR count). The summed E-state index contributed by atoms with van der Waals surface area (Å²) in [6, 6.07) is 7.51. The highest BCUT2D eigenvalue weighted by molar-refractivity contribution is 7.15. The third-order valence-electron chi connectivity index (χ3n) is 3.18. The third kappa shape index (κ3) is 3.29. The molecule has 0 aliphatic rings. The van der Waals surface area contributed by atoms with Crippen LogP contribution in [0.15, 0.2) is 42.0 Å². The minimum Gasteiger partial charge on any atom is -0.392 e. The molecule has 0 aliphatic heterocycles. The van der Waals surface area contributed by atoms with Crippen LogP contribution in [-0.2, 0) is 24.4 Å². The van der Waals surface area contributed by atoms with Crippen LogP contribution in [0.3, 0.4) is 0 Å². The summed E-state index contributed by atoms with van der Waals surface area (Å²) in [5, 5.41) is 13.8. The maximum atomic E-state index is 11.9.